The Labute approximate surface area is 191 Å². The summed E-state index contributed by atoms with van der Waals surface area (Å²) in [6, 6.07) is 17.9. The van der Waals surface area contributed by atoms with E-state index in [-0.39, 0.29) is 23.3 Å². The monoisotopic (exact) mass is 469 g/mol. The van der Waals surface area contributed by atoms with Crippen molar-refractivity contribution in [1.29, 1.82) is 0 Å². The number of hydrogen-bond acceptors (Lipinski definition) is 6. The van der Waals surface area contributed by atoms with Crippen LogP contribution in [-0.2, 0) is 4.79 Å². The lowest BCUT2D eigenvalue weighted by Crippen LogP contribution is -2.14. The molecule has 0 unspecified atom stereocenters. The minimum Gasteiger partial charge on any atom is -0.459 e. The second-order valence-electron chi connectivity index (χ2n) is 6.34. The zero-order valence-electron chi connectivity index (χ0n) is 16.0. The molecule has 156 valence electrons. The first-order chi connectivity index (χ1) is 15.1. The van der Waals surface area contributed by atoms with Crippen LogP contribution in [0.3, 0.4) is 0 Å². The average molecular weight is 470 g/mol. The van der Waals surface area contributed by atoms with Crippen LogP contribution < -0.4 is 10.6 Å². The predicted molar refractivity (Wildman–Crippen MR) is 125 cm³/mol. The van der Waals surface area contributed by atoms with E-state index in [1.54, 1.807) is 36.4 Å². The number of hydrogen-bond donors (Lipinski definition) is 2. The van der Waals surface area contributed by atoms with Gasteiger partial charge in [-0.2, -0.15) is 0 Å². The van der Waals surface area contributed by atoms with Gasteiger partial charge in [-0.3, -0.25) is 9.59 Å². The van der Waals surface area contributed by atoms with Crippen LogP contribution in [0.4, 0.5) is 10.8 Å². The van der Waals surface area contributed by atoms with E-state index in [1.807, 2.05) is 29.6 Å². The van der Waals surface area contributed by atoms with Crippen molar-refractivity contribution in [2.24, 2.45) is 0 Å². The van der Waals surface area contributed by atoms with Crippen molar-refractivity contribution in [2.45, 2.75) is 4.90 Å². The van der Waals surface area contributed by atoms with Crippen molar-refractivity contribution in [1.82, 2.24) is 4.98 Å². The highest BCUT2D eigenvalue weighted by Crippen LogP contribution is 2.27. The van der Waals surface area contributed by atoms with Crippen LogP contribution in [0.1, 0.15) is 10.6 Å². The van der Waals surface area contributed by atoms with Gasteiger partial charge in [-0.25, -0.2) is 4.98 Å². The third kappa shape index (κ3) is 5.75. The third-order valence-electron chi connectivity index (χ3n) is 4.10. The molecule has 0 radical (unpaired) electrons. The number of anilines is 2. The molecule has 2 heterocycles. The van der Waals surface area contributed by atoms with Crippen LogP contribution in [0, 0.1) is 0 Å². The van der Waals surface area contributed by atoms with Crippen LogP contribution in [0.2, 0.25) is 5.02 Å². The molecular weight excluding hydrogens is 454 g/mol. The SMILES string of the molecule is O=C(CSc1cccc(NC(=O)c2ccco2)c1)Nc1nc(-c2ccc(Cl)cc2)cs1. The van der Waals surface area contributed by atoms with E-state index in [1.165, 1.54) is 29.4 Å². The molecule has 2 N–H and O–H groups in total. The zero-order valence-corrected chi connectivity index (χ0v) is 18.4. The number of amides is 2. The Bertz CT molecular complexity index is 1190. The fraction of sp³-hybridized carbons (Fsp3) is 0.0455. The summed E-state index contributed by atoms with van der Waals surface area (Å²) in [4.78, 5) is 29.7. The van der Waals surface area contributed by atoms with E-state index in [4.69, 9.17) is 16.0 Å². The maximum absolute atomic E-state index is 12.3. The Morgan fingerprint density at radius 1 is 1.06 bits per heavy atom. The molecule has 4 aromatic rings. The van der Waals surface area contributed by atoms with Crippen molar-refractivity contribution in [3.63, 3.8) is 0 Å². The Balaban J connectivity index is 1.31. The molecule has 0 aliphatic rings. The highest BCUT2D eigenvalue weighted by atomic mass is 35.5. The number of thioether (sulfide) groups is 1. The summed E-state index contributed by atoms with van der Waals surface area (Å²) >= 11 is 8.65. The summed E-state index contributed by atoms with van der Waals surface area (Å²) in [5.41, 5.74) is 2.34. The standard InChI is InChI=1S/C22H16ClN3O3S2/c23-15-8-6-14(7-9-15)18-12-31-22(25-18)26-20(27)13-30-17-4-1-3-16(11-17)24-21(28)19-5-2-10-29-19/h1-12H,13H2,(H,24,28)(H,25,26,27). The fourth-order valence-electron chi connectivity index (χ4n) is 2.65. The van der Waals surface area contributed by atoms with Gasteiger partial charge in [0.15, 0.2) is 10.9 Å². The van der Waals surface area contributed by atoms with Gasteiger partial charge in [-0.15, -0.1) is 23.1 Å². The van der Waals surface area contributed by atoms with Gasteiger partial charge in [-0.1, -0.05) is 29.8 Å². The number of rotatable bonds is 7. The molecule has 0 fully saturated rings. The molecule has 9 heteroatoms. The Kier molecular flexibility index (Phi) is 6.71. The summed E-state index contributed by atoms with van der Waals surface area (Å²) in [5.74, 6) is -0.0399. The van der Waals surface area contributed by atoms with Crippen LogP contribution in [0.15, 0.2) is 81.6 Å². The lowest BCUT2D eigenvalue weighted by Gasteiger charge is -2.06. The van der Waals surface area contributed by atoms with E-state index >= 15 is 0 Å². The number of benzene rings is 2. The molecule has 31 heavy (non-hydrogen) atoms. The van der Waals surface area contributed by atoms with Gasteiger partial charge in [0, 0.05) is 26.5 Å². The fourth-order valence-corrected chi connectivity index (χ4v) is 4.27. The topological polar surface area (TPSA) is 84.2 Å². The number of thiazole rings is 1. The summed E-state index contributed by atoms with van der Waals surface area (Å²) < 4.78 is 5.09. The number of carbonyl (C=O) groups is 2. The van der Waals surface area contributed by atoms with Crippen molar-refractivity contribution < 1.29 is 14.0 Å². The molecule has 2 aromatic heterocycles. The minimum atomic E-state index is -0.329. The number of halogens is 1. The maximum Gasteiger partial charge on any atom is 0.291 e. The normalized spacial score (nSPS) is 10.6. The average Bonchev–Trinajstić information content (AvgIpc) is 3.46. The number of nitrogens with zero attached hydrogens (tertiary/aromatic N) is 1. The van der Waals surface area contributed by atoms with Gasteiger partial charge >= 0.3 is 0 Å². The lowest BCUT2D eigenvalue weighted by molar-refractivity contribution is -0.113. The van der Waals surface area contributed by atoms with Crippen LogP contribution in [0.25, 0.3) is 11.3 Å². The molecule has 0 saturated carbocycles. The molecular formula is C22H16ClN3O3S2. The van der Waals surface area contributed by atoms with Crippen LogP contribution in [-0.4, -0.2) is 22.6 Å². The molecule has 4 rings (SSSR count). The molecule has 0 aliphatic carbocycles. The molecule has 0 atom stereocenters. The largest absolute Gasteiger partial charge is 0.459 e. The highest BCUT2D eigenvalue weighted by Gasteiger charge is 2.11. The number of aromatic nitrogens is 1. The summed E-state index contributed by atoms with van der Waals surface area (Å²) in [6.07, 6.45) is 1.45. The Hall–Kier alpha value is -3.07. The minimum absolute atomic E-state index is 0.160. The molecule has 0 aliphatic heterocycles. The summed E-state index contributed by atoms with van der Waals surface area (Å²) in [6.45, 7) is 0. The number of furan rings is 1. The van der Waals surface area contributed by atoms with E-state index in [0.29, 0.717) is 15.8 Å². The van der Waals surface area contributed by atoms with E-state index in [9.17, 15) is 9.59 Å². The van der Waals surface area contributed by atoms with Gasteiger partial charge in [0.05, 0.1) is 17.7 Å². The molecule has 0 saturated heterocycles. The maximum atomic E-state index is 12.3. The Morgan fingerprint density at radius 2 is 1.90 bits per heavy atom. The Morgan fingerprint density at radius 3 is 2.68 bits per heavy atom. The second-order valence-corrected chi connectivity index (χ2v) is 8.68. The van der Waals surface area contributed by atoms with Gasteiger partial charge in [-0.05, 0) is 42.5 Å². The molecule has 2 amide bonds. The first-order valence-electron chi connectivity index (χ1n) is 9.16. The highest BCUT2D eigenvalue weighted by molar-refractivity contribution is 8.00. The summed E-state index contributed by atoms with van der Waals surface area (Å²) in [5, 5.41) is 8.67. The van der Waals surface area contributed by atoms with Crippen molar-refractivity contribution >= 4 is 57.3 Å². The third-order valence-corrected chi connectivity index (χ3v) is 6.10. The smallest absolute Gasteiger partial charge is 0.291 e. The van der Waals surface area contributed by atoms with Gasteiger partial charge < -0.3 is 15.1 Å². The van der Waals surface area contributed by atoms with E-state index in [0.717, 1.165) is 16.2 Å². The quantitative estimate of drug-likeness (QED) is 0.322. The van der Waals surface area contributed by atoms with Crippen LogP contribution >= 0.6 is 34.7 Å². The molecule has 0 spiro atoms. The summed E-state index contributed by atoms with van der Waals surface area (Å²) in [7, 11) is 0. The zero-order chi connectivity index (χ0) is 21.6. The van der Waals surface area contributed by atoms with Gasteiger partial charge in [0.2, 0.25) is 5.91 Å². The molecule has 2 aromatic carbocycles. The van der Waals surface area contributed by atoms with Crippen LogP contribution in [0.5, 0.6) is 0 Å². The molecule has 0 bridgehead atoms. The molecule has 6 nitrogen and oxygen atoms in total. The number of nitrogens with one attached hydrogen (secondary N) is 2. The van der Waals surface area contributed by atoms with E-state index in [2.05, 4.69) is 15.6 Å². The van der Waals surface area contributed by atoms with Crippen molar-refractivity contribution in [3.8, 4) is 11.3 Å². The first-order valence-corrected chi connectivity index (χ1v) is 11.4. The second kappa shape index (κ2) is 9.82. The van der Waals surface area contributed by atoms with Gasteiger partial charge in [0.25, 0.3) is 5.91 Å². The van der Waals surface area contributed by atoms with Crippen molar-refractivity contribution in [3.05, 3.63) is 83.1 Å². The van der Waals surface area contributed by atoms with E-state index < -0.39 is 0 Å². The van der Waals surface area contributed by atoms with Crippen molar-refractivity contribution in [2.75, 3.05) is 16.4 Å². The first kappa shape index (κ1) is 21.2. The van der Waals surface area contributed by atoms with Gasteiger partial charge in [0.1, 0.15) is 0 Å². The number of carbonyl (C=O) groups excluding carboxylic acids is 2. The lowest BCUT2D eigenvalue weighted by atomic mass is 10.2. The predicted octanol–water partition coefficient (Wildman–Crippen LogP) is 6.04.